The van der Waals surface area contributed by atoms with Crippen molar-refractivity contribution in [3.63, 3.8) is 0 Å². The number of aryl methyl sites for hydroxylation is 2. The second kappa shape index (κ2) is 6.25. The Balaban J connectivity index is 1.53. The molecule has 1 N–H and O–H groups in total. The van der Waals surface area contributed by atoms with Crippen molar-refractivity contribution >= 4 is 29.0 Å². The van der Waals surface area contributed by atoms with Crippen LogP contribution in [0.2, 0.25) is 0 Å². The Labute approximate surface area is 150 Å². The molecule has 2 amide bonds. The highest BCUT2D eigenvalue weighted by atomic mass is 16.2. The fourth-order valence-corrected chi connectivity index (χ4v) is 3.25. The van der Waals surface area contributed by atoms with Gasteiger partial charge < -0.3 is 10.2 Å². The summed E-state index contributed by atoms with van der Waals surface area (Å²) in [5.41, 5.74) is 3.89. The Bertz CT molecular complexity index is 1010. The molecule has 1 aliphatic heterocycles. The molecule has 1 aliphatic rings. The third-order valence-corrected chi connectivity index (χ3v) is 4.49. The predicted molar refractivity (Wildman–Crippen MR) is 98.4 cm³/mol. The van der Waals surface area contributed by atoms with Crippen LogP contribution >= 0.6 is 0 Å². The first-order chi connectivity index (χ1) is 12.5. The van der Waals surface area contributed by atoms with Crippen molar-refractivity contribution in [2.75, 3.05) is 16.8 Å². The molecule has 0 unspecified atom stereocenters. The second-order valence-corrected chi connectivity index (χ2v) is 6.49. The monoisotopic (exact) mass is 349 g/mol. The fourth-order valence-electron chi connectivity index (χ4n) is 3.25. The molecule has 7 heteroatoms. The number of rotatable bonds is 3. The molecule has 1 fully saturated rings. The Morgan fingerprint density at radius 3 is 2.62 bits per heavy atom. The van der Waals surface area contributed by atoms with Crippen molar-refractivity contribution in [3.8, 4) is 0 Å². The van der Waals surface area contributed by atoms with E-state index in [1.54, 1.807) is 39.7 Å². The van der Waals surface area contributed by atoms with Crippen molar-refractivity contribution in [3.05, 3.63) is 53.3 Å². The zero-order valence-electron chi connectivity index (χ0n) is 14.7. The van der Waals surface area contributed by atoms with E-state index in [1.165, 1.54) is 0 Å². The van der Waals surface area contributed by atoms with Gasteiger partial charge in [0.15, 0.2) is 11.5 Å². The van der Waals surface area contributed by atoms with Crippen molar-refractivity contribution in [1.82, 2.24) is 14.6 Å². The van der Waals surface area contributed by atoms with Gasteiger partial charge in [0.1, 0.15) is 0 Å². The predicted octanol–water partition coefficient (Wildman–Crippen LogP) is 2.73. The average molecular weight is 349 g/mol. The zero-order chi connectivity index (χ0) is 18.3. The van der Waals surface area contributed by atoms with E-state index in [-0.39, 0.29) is 11.8 Å². The molecule has 2 aromatic heterocycles. The summed E-state index contributed by atoms with van der Waals surface area (Å²) in [5.74, 6) is 0.335. The minimum absolute atomic E-state index is 0.130. The maximum absolute atomic E-state index is 12.5. The van der Waals surface area contributed by atoms with Gasteiger partial charge in [-0.2, -0.15) is 0 Å². The summed E-state index contributed by atoms with van der Waals surface area (Å²) in [6.45, 7) is 4.60. The largest absolute Gasteiger partial charge is 0.312 e. The van der Waals surface area contributed by atoms with E-state index in [1.807, 2.05) is 19.9 Å². The maximum atomic E-state index is 12.5. The van der Waals surface area contributed by atoms with Crippen molar-refractivity contribution < 1.29 is 9.59 Å². The molecule has 1 aromatic carbocycles. The molecule has 0 radical (unpaired) electrons. The Kier molecular flexibility index (Phi) is 3.91. The van der Waals surface area contributed by atoms with Gasteiger partial charge in [-0.1, -0.05) is 0 Å². The molecule has 4 rings (SSSR count). The first-order valence-electron chi connectivity index (χ1n) is 8.57. The summed E-state index contributed by atoms with van der Waals surface area (Å²) in [6.07, 6.45) is 1.46. The number of carbonyl (C=O) groups excluding carboxylic acids is 2. The summed E-state index contributed by atoms with van der Waals surface area (Å²) < 4.78 is 1.70. The van der Waals surface area contributed by atoms with Gasteiger partial charge in [-0.05, 0) is 50.6 Å². The van der Waals surface area contributed by atoms with Gasteiger partial charge in [0, 0.05) is 41.7 Å². The first kappa shape index (κ1) is 16.3. The molecule has 0 atom stereocenters. The first-order valence-corrected chi connectivity index (χ1v) is 8.57. The summed E-state index contributed by atoms with van der Waals surface area (Å²) in [4.78, 5) is 30.4. The van der Waals surface area contributed by atoms with Crippen LogP contribution in [-0.4, -0.2) is 33.0 Å². The number of carbonyl (C=O) groups is 2. The van der Waals surface area contributed by atoms with E-state index < -0.39 is 0 Å². The van der Waals surface area contributed by atoms with Gasteiger partial charge in [-0.3, -0.25) is 9.59 Å². The van der Waals surface area contributed by atoms with Gasteiger partial charge in [-0.15, -0.1) is 5.10 Å². The summed E-state index contributed by atoms with van der Waals surface area (Å²) in [5, 5.41) is 7.18. The lowest BCUT2D eigenvalue weighted by Gasteiger charge is -2.15. The molecule has 3 aromatic rings. The Morgan fingerprint density at radius 2 is 1.92 bits per heavy atom. The second-order valence-electron chi connectivity index (χ2n) is 6.49. The van der Waals surface area contributed by atoms with Crippen molar-refractivity contribution in [2.24, 2.45) is 0 Å². The lowest BCUT2D eigenvalue weighted by atomic mass is 10.2. The standard InChI is InChI=1S/C19H19N5O2/c1-12-10-13(2)24-17(20-12)11-16(22-24)21-19(26)14-5-7-15(8-6-14)23-9-3-4-18(23)25/h5-8,10-11H,3-4,9H2,1-2H3,(H,21,22,26). The molecule has 0 aliphatic carbocycles. The van der Waals surface area contributed by atoms with Crippen LogP contribution in [0.5, 0.6) is 0 Å². The van der Waals surface area contributed by atoms with Gasteiger partial charge in [0.05, 0.1) is 0 Å². The maximum Gasteiger partial charge on any atom is 0.256 e. The number of benzene rings is 1. The molecule has 1 saturated heterocycles. The number of amides is 2. The molecule has 26 heavy (non-hydrogen) atoms. The lowest BCUT2D eigenvalue weighted by molar-refractivity contribution is -0.117. The minimum Gasteiger partial charge on any atom is -0.312 e. The van der Waals surface area contributed by atoms with Crippen LogP contribution in [0, 0.1) is 13.8 Å². The van der Waals surface area contributed by atoms with E-state index in [9.17, 15) is 9.59 Å². The van der Waals surface area contributed by atoms with E-state index in [4.69, 9.17) is 0 Å². The van der Waals surface area contributed by atoms with Crippen LogP contribution in [0.15, 0.2) is 36.4 Å². The van der Waals surface area contributed by atoms with Crippen LogP contribution in [0.3, 0.4) is 0 Å². The minimum atomic E-state index is -0.248. The van der Waals surface area contributed by atoms with Crippen molar-refractivity contribution in [2.45, 2.75) is 26.7 Å². The molecular formula is C19H19N5O2. The SMILES string of the molecule is Cc1cc(C)n2nc(NC(=O)c3ccc(N4CCCC4=O)cc3)cc2n1. The van der Waals surface area contributed by atoms with Crippen LogP contribution in [0.1, 0.15) is 34.6 Å². The number of hydrogen-bond donors (Lipinski definition) is 1. The number of aromatic nitrogens is 3. The van der Waals surface area contributed by atoms with Crippen LogP contribution in [-0.2, 0) is 4.79 Å². The summed E-state index contributed by atoms with van der Waals surface area (Å²) in [7, 11) is 0. The molecule has 0 spiro atoms. The third kappa shape index (κ3) is 2.92. The molecule has 0 saturated carbocycles. The lowest BCUT2D eigenvalue weighted by Crippen LogP contribution is -2.23. The molecule has 132 valence electrons. The highest BCUT2D eigenvalue weighted by Crippen LogP contribution is 2.22. The Morgan fingerprint density at radius 1 is 1.15 bits per heavy atom. The van der Waals surface area contributed by atoms with E-state index >= 15 is 0 Å². The van der Waals surface area contributed by atoms with Gasteiger partial charge in [0.2, 0.25) is 5.91 Å². The normalized spacial score (nSPS) is 14.2. The number of nitrogens with zero attached hydrogens (tertiary/aromatic N) is 4. The van der Waals surface area contributed by atoms with E-state index in [0.29, 0.717) is 23.4 Å². The van der Waals surface area contributed by atoms with Gasteiger partial charge >= 0.3 is 0 Å². The van der Waals surface area contributed by atoms with E-state index in [2.05, 4.69) is 15.4 Å². The van der Waals surface area contributed by atoms with Gasteiger partial charge in [-0.25, -0.2) is 9.50 Å². The fraction of sp³-hybridized carbons (Fsp3) is 0.263. The highest BCUT2D eigenvalue weighted by Gasteiger charge is 2.21. The zero-order valence-corrected chi connectivity index (χ0v) is 14.7. The molecular weight excluding hydrogens is 330 g/mol. The number of hydrogen-bond acceptors (Lipinski definition) is 4. The Hall–Kier alpha value is -3.22. The summed E-state index contributed by atoms with van der Waals surface area (Å²) in [6, 6.07) is 10.7. The number of fused-ring (bicyclic) bond motifs is 1. The van der Waals surface area contributed by atoms with Crippen LogP contribution < -0.4 is 10.2 Å². The number of anilines is 2. The summed E-state index contributed by atoms with van der Waals surface area (Å²) >= 11 is 0. The van der Waals surface area contributed by atoms with Crippen molar-refractivity contribution in [1.29, 1.82) is 0 Å². The smallest absolute Gasteiger partial charge is 0.256 e. The van der Waals surface area contributed by atoms with E-state index in [0.717, 1.165) is 30.0 Å². The topological polar surface area (TPSA) is 79.6 Å². The van der Waals surface area contributed by atoms with Crippen LogP contribution in [0.25, 0.3) is 5.65 Å². The average Bonchev–Trinajstić information content (AvgIpc) is 3.21. The molecule has 3 heterocycles. The van der Waals surface area contributed by atoms with Gasteiger partial charge in [0.25, 0.3) is 5.91 Å². The van der Waals surface area contributed by atoms with Crippen LogP contribution in [0.4, 0.5) is 11.5 Å². The number of nitrogens with one attached hydrogen (secondary N) is 1. The highest BCUT2D eigenvalue weighted by molar-refractivity contribution is 6.04. The quantitative estimate of drug-likeness (QED) is 0.788. The molecule has 0 bridgehead atoms. The third-order valence-electron chi connectivity index (χ3n) is 4.49. The molecule has 7 nitrogen and oxygen atoms in total.